The average Bonchev–Trinajstić information content (AvgIpc) is 3.35. The summed E-state index contributed by atoms with van der Waals surface area (Å²) < 4.78 is 0. The van der Waals surface area contributed by atoms with Gasteiger partial charge in [0.05, 0.1) is 24.4 Å². The first-order chi connectivity index (χ1) is 35.7. The molecule has 76 heavy (non-hydrogen) atoms. The highest BCUT2D eigenvalue weighted by atomic mass is 32.1. The number of hydrogen-bond donors (Lipinski definition) is 18. The van der Waals surface area contributed by atoms with Gasteiger partial charge < -0.3 is 91.2 Å². The number of nitrogens with zero attached hydrogens (tertiary/aromatic N) is 1. The fourth-order valence-electron chi connectivity index (χ4n) is 6.78. The van der Waals surface area contributed by atoms with Crippen molar-refractivity contribution in [3.8, 4) is 5.75 Å². The van der Waals surface area contributed by atoms with Gasteiger partial charge in [0.1, 0.15) is 48.0 Å². The molecular weight excluding hydrogens is 1020 g/mol. The van der Waals surface area contributed by atoms with Crippen LogP contribution in [0.15, 0.2) is 29.3 Å². The van der Waals surface area contributed by atoms with Crippen LogP contribution in [0.5, 0.6) is 5.75 Å². The maximum atomic E-state index is 13.8. The minimum atomic E-state index is -1.77. The summed E-state index contributed by atoms with van der Waals surface area (Å²) in [5.74, 6) is -10.7. The molecule has 0 saturated heterocycles. The number of rotatable bonds is 36. The molecule has 0 radical (unpaired) electrons. The largest absolute Gasteiger partial charge is 0.508 e. The number of aromatic hydroxyl groups is 1. The Morgan fingerprint density at radius 3 is 1.66 bits per heavy atom. The zero-order chi connectivity index (χ0) is 57.7. The van der Waals surface area contributed by atoms with Gasteiger partial charge in [-0.1, -0.05) is 26.0 Å². The number of phenolic OH excluding ortho intramolecular Hbond substituents is 1. The molecule has 30 heteroatoms. The predicted octanol–water partition coefficient (Wildman–Crippen LogP) is -5.60. The number of aliphatic hydroxyl groups is 1. The van der Waals surface area contributed by atoms with Crippen LogP contribution in [0.25, 0.3) is 0 Å². The molecule has 9 atom stereocenters. The molecular formula is C46H76N14O15S. The maximum absolute atomic E-state index is 13.8. The van der Waals surface area contributed by atoms with E-state index in [-0.39, 0.29) is 56.4 Å². The molecule has 1 aromatic carbocycles. The lowest BCUT2D eigenvalue weighted by molar-refractivity contribution is -0.144. The summed E-state index contributed by atoms with van der Waals surface area (Å²) in [6.07, 6.45) is 0.190. The second-order valence-electron chi connectivity index (χ2n) is 18.1. The lowest BCUT2D eigenvalue weighted by Crippen LogP contribution is -2.58. The Morgan fingerprint density at radius 2 is 1.12 bits per heavy atom. The number of carboxylic acids is 2. The number of hydrogen-bond acceptors (Lipinski definition) is 17. The Balaban J connectivity index is 2.99. The van der Waals surface area contributed by atoms with Gasteiger partial charge in [-0.25, -0.2) is 4.79 Å². The van der Waals surface area contributed by atoms with Crippen molar-refractivity contribution in [3.63, 3.8) is 0 Å². The molecule has 0 fully saturated rings. The zero-order valence-electron chi connectivity index (χ0n) is 43.0. The number of aliphatic carboxylic acids is 2. The van der Waals surface area contributed by atoms with Crippen LogP contribution in [-0.2, 0) is 59.2 Å². The molecule has 0 aliphatic carbocycles. The number of thiol groups is 1. The van der Waals surface area contributed by atoms with E-state index < -0.39 is 151 Å². The number of aliphatic hydroxyl groups excluding tert-OH is 1. The van der Waals surface area contributed by atoms with Crippen molar-refractivity contribution in [1.82, 2.24) is 47.9 Å². The van der Waals surface area contributed by atoms with E-state index in [9.17, 15) is 68.1 Å². The SMILES string of the molecule is CC(C)C[C@H](N)C(=O)N[C@@H](Cc1ccc(O)cc1)C(=O)N[C@@H](CCCCN)C(=O)N[C@@H](C)C(=O)NCC(=O)NCC(S)C(=O)N[C@@H](CCCN=C(N)N)C(=O)N[C@@H](C)C(=O)N[C@@H](CCC(=O)O)C(=O)N[C@@H](CO)C(=O)O. The molecule has 9 amide bonds. The van der Waals surface area contributed by atoms with Crippen molar-refractivity contribution in [2.45, 2.75) is 139 Å². The third-order valence-electron chi connectivity index (χ3n) is 11.0. The lowest BCUT2D eigenvalue weighted by Gasteiger charge is -2.25. The molecule has 0 heterocycles. The van der Waals surface area contributed by atoms with Gasteiger partial charge in [0.15, 0.2) is 5.96 Å². The number of benzene rings is 1. The second-order valence-corrected chi connectivity index (χ2v) is 18.7. The number of aliphatic imine (C=N–C) groups is 1. The topological polar surface area (TPSA) is 493 Å². The highest BCUT2D eigenvalue weighted by molar-refractivity contribution is 7.81. The maximum Gasteiger partial charge on any atom is 0.328 e. The Labute approximate surface area is 444 Å². The molecule has 1 rings (SSSR count). The van der Waals surface area contributed by atoms with Crippen LogP contribution in [0.2, 0.25) is 0 Å². The van der Waals surface area contributed by atoms with Gasteiger partial charge in [0.2, 0.25) is 53.2 Å². The second kappa shape index (κ2) is 35.0. The fourth-order valence-corrected chi connectivity index (χ4v) is 6.95. The van der Waals surface area contributed by atoms with Gasteiger partial charge in [-0.3, -0.25) is 52.9 Å². The Kier molecular flexibility index (Phi) is 30.8. The van der Waals surface area contributed by atoms with E-state index in [1.165, 1.54) is 26.0 Å². The number of guanidine groups is 1. The summed E-state index contributed by atoms with van der Waals surface area (Å²) in [4.78, 5) is 145. The monoisotopic (exact) mass is 1100 g/mol. The van der Waals surface area contributed by atoms with Gasteiger partial charge in [-0.05, 0) is 89.0 Å². The lowest BCUT2D eigenvalue weighted by atomic mass is 10.0. The Morgan fingerprint density at radius 1 is 0.618 bits per heavy atom. The molecule has 0 aliphatic heterocycles. The number of amides is 9. The first-order valence-corrected chi connectivity index (χ1v) is 24.9. The third-order valence-corrected chi connectivity index (χ3v) is 11.4. The quantitative estimate of drug-likeness (QED) is 0.0129. The summed E-state index contributed by atoms with van der Waals surface area (Å²) >= 11 is 4.23. The van der Waals surface area contributed by atoms with Crippen molar-refractivity contribution in [2.75, 3.05) is 32.8 Å². The Bertz CT molecular complexity index is 2170. The minimum absolute atomic E-state index is 0.0151. The molecule has 0 bridgehead atoms. The number of carboxylic acid groups (broad SMARTS) is 2. The Hall–Kier alpha value is -7.31. The van der Waals surface area contributed by atoms with Crippen LogP contribution in [0, 0.1) is 5.92 Å². The van der Waals surface area contributed by atoms with Crippen molar-refractivity contribution in [2.24, 2.45) is 33.8 Å². The molecule has 0 aromatic heterocycles. The third kappa shape index (κ3) is 26.8. The molecule has 0 aliphatic rings. The van der Waals surface area contributed by atoms with Gasteiger partial charge in [0, 0.05) is 25.9 Å². The van der Waals surface area contributed by atoms with E-state index in [1.807, 2.05) is 19.2 Å². The van der Waals surface area contributed by atoms with Crippen LogP contribution < -0.4 is 70.8 Å². The van der Waals surface area contributed by atoms with Crippen molar-refractivity contribution in [3.05, 3.63) is 29.8 Å². The number of nitrogens with one attached hydrogen (secondary N) is 9. The molecule has 426 valence electrons. The summed E-state index contributed by atoms with van der Waals surface area (Å²) in [6, 6.07) is -4.78. The number of nitrogens with two attached hydrogens (primary N) is 4. The van der Waals surface area contributed by atoms with Gasteiger partial charge in [-0.2, -0.15) is 12.6 Å². The van der Waals surface area contributed by atoms with E-state index >= 15 is 0 Å². The van der Waals surface area contributed by atoms with Crippen LogP contribution in [0.1, 0.15) is 84.6 Å². The van der Waals surface area contributed by atoms with Crippen molar-refractivity contribution >= 4 is 83.7 Å². The minimum Gasteiger partial charge on any atom is -0.508 e. The molecule has 1 unspecified atom stereocenters. The highest BCUT2D eigenvalue weighted by Gasteiger charge is 2.32. The fraction of sp³-hybridized carbons (Fsp3) is 0.609. The number of carbonyl (C=O) groups is 11. The number of carbonyl (C=O) groups excluding carboxylic acids is 9. The van der Waals surface area contributed by atoms with Crippen LogP contribution >= 0.6 is 12.6 Å². The number of unbranched alkanes of at least 4 members (excludes halogenated alkanes) is 1. The number of phenols is 1. The van der Waals surface area contributed by atoms with Gasteiger partial charge in [-0.15, -0.1) is 0 Å². The summed E-state index contributed by atoms with van der Waals surface area (Å²) in [5, 5.41) is 57.7. The standard InChI is InChI=1S/C46H76N14O15S/c1-23(2)18-28(48)39(68)59-32(19-26-10-12-27(62)13-11-26)43(72)57-29(8-5-6-16-47)40(69)54-24(3)37(66)53-21-35(63)52-20-34(76)44(73)58-30(9-7-17-51-46(49)50)41(70)55-25(4)38(67)56-31(14-15-36(64)65)42(71)60-33(22-61)45(74)75/h10-13,23-25,28-34,61-62,76H,5-9,14-22,47-48H2,1-4H3,(H,52,63)(H,53,66)(H,54,69)(H,55,70)(H,56,67)(H,57,72)(H,58,73)(H,59,68)(H,60,71)(H,64,65)(H,74,75)(H4,49,50,51)/t24-,25-,28-,29-,30-,31-,32-,33-,34?/m0/s1. The van der Waals surface area contributed by atoms with E-state index in [1.54, 1.807) is 12.1 Å². The van der Waals surface area contributed by atoms with E-state index in [2.05, 4.69) is 60.2 Å². The molecule has 1 aromatic rings. The first kappa shape index (κ1) is 66.7. The molecule has 0 saturated carbocycles. The molecule has 29 nitrogen and oxygen atoms in total. The van der Waals surface area contributed by atoms with Crippen molar-refractivity contribution < 1.29 is 73.2 Å². The average molecular weight is 1100 g/mol. The normalized spacial score (nSPS) is 14.5. The summed E-state index contributed by atoms with van der Waals surface area (Å²) in [7, 11) is 0. The van der Waals surface area contributed by atoms with Gasteiger partial charge in [0.25, 0.3) is 0 Å². The summed E-state index contributed by atoms with van der Waals surface area (Å²) in [6.45, 7) is 4.52. The van der Waals surface area contributed by atoms with E-state index in [4.69, 9.17) is 28.0 Å². The van der Waals surface area contributed by atoms with Gasteiger partial charge >= 0.3 is 11.9 Å². The van der Waals surface area contributed by atoms with E-state index in [0.717, 1.165) is 0 Å². The van der Waals surface area contributed by atoms with Crippen LogP contribution in [-0.4, -0.2) is 178 Å². The van der Waals surface area contributed by atoms with Crippen molar-refractivity contribution in [1.29, 1.82) is 0 Å². The molecule has 0 spiro atoms. The smallest absolute Gasteiger partial charge is 0.328 e. The molecule has 21 N–H and O–H groups in total. The summed E-state index contributed by atoms with van der Waals surface area (Å²) in [5.41, 5.74) is 23.1. The predicted molar refractivity (Wildman–Crippen MR) is 277 cm³/mol. The van der Waals surface area contributed by atoms with Crippen LogP contribution in [0.3, 0.4) is 0 Å². The first-order valence-electron chi connectivity index (χ1n) is 24.4. The zero-order valence-corrected chi connectivity index (χ0v) is 43.9. The van der Waals surface area contributed by atoms with E-state index in [0.29, 0.717) is 24.8 Å². The highest BCUT2D eigenvalue weighted by Crippen LogP contribution is 2.13. The van der Waals surface area contributed by atoms with Crippen LogP contribution in [0.4, 0.5) is 0 Å².